The second-order valence-corrected chi connectivity index (χ2v) is 5.22. The summed E-state index contributed by atoms with van der Waals surface area (Å²) in [6.07, 6.45) is 2.64. The molecule has 98 valence electrons. The number of pyridine rings is 1. The van der Waals surface area contributed by atoms with Crippen molar-refractivity contribution in [2.24, 2.45) is 5.92 Å². The number of carbonyl (C=O) groups is 1. The van der Waals surface area contributed by atoms with E-state index in [1.54, 1.807) is 6.20 Å². The lowest BCUT2D eigenvalue weighted by atomic mass is 10.2. The Hall–Kier alpha value is -1.42. The quantitative estimate of drug-likeness (QED) is 0.758. The highest BCUT2D eigenvalue weighted by molar-refractivity contribution is 5.82. The highest BCUT2D eigenvalue weighted by Gasteiger charge is 2.20. The Kier molecular flexibility index (Phi) is 4.31. The van der Waals surface area contributed by atoms with Crippen LogP contribution in [0.2, 0.25) is 0 Å². The van der Waals surface area contributed by atoms with Gasteiger partial charge in [0.25, 0.3) is 0 Å². The van der Waals surface area contributed by atoms with Gasteiger partial charge in [-0.1, -0.05) is 13.8 Å². The third-order valence-electron chi connectivity index (χ3n) is 3.24. The van der Waals surface area contributed by atoms with Gasteiger partial charge in [0.15, 0.2) is 6.29 Å². The molecule has 1 saturated heterocycles. The van der Waals surface area contributed by atoms with E-state index in [0.29, 0.717) is 11.5 Å². The molecule has 0 atom stereocenters. The fourth-order valence-electron chi connectivity index (χ4n) is 2.42. The van der Waals surface area contributed by atoms with Gasteiger partial charge >= 0.3 is 0 Å². The second-order valence-electron chi connectivity index (χ2n) is 5.22. The van der Waals surface area contributed by atoms with Crippen LogP contribution in [-0.2, 0) is 0 Å². The molecule has 0 aliphatic carbocycles. The highest BCUT2D eigenvalue weighted by Crippen LogP contribution is 2.17. The molecule has 0 N–H and O–H groups in total. The van der Waals surface area contributed by atoms with E-state index in [1.165, 1.54) is 0 Å². The lowest BCUT2D eigenvalue weighted by Crippen LogP contribution is -2.48. The van der Waals surface area contributed by atoms with Crippen molar-refractivity contribution in [3.8, 4) is 0 Å². The molecule has 1 aromatic heterocycles. The largest absolute Gasteiger partial charge is 0.353 e. The molecule has 1 aliphatic heterocycles. The summed E-state index contributed by atoms with van der Waals surface area (Å²) < 4.78 is 0. The number of nitrogens with zero attached hydrogens (tertiary/aromatic N) is 3. The van der Waals surface area contributed by atoms with Crippen LogP contribution >= 0.6 is 0 Å². The van der Waals surface area contributed by atoms with Gasteiger partial charge < -0.3 is 4.90 Å². The van der Waals surface area contributed by atoms with Gasteiger partial charge in [-0.3, -0.25) is 9.69 Å². The van der Waals surface area contributed by atoms with E-state index < -0.39 is 0 Å². The van der Waals surface area contributed by atoms with Crippen LogP contribution in [0.5, 0.6) is 0 Å². The Morgan fingerprint density at radius 1 is 1.33 bits per heavy atom. The van der Waals surface area contributed by atoms with Crippen molar-refractivity contribution < 1.29 is 4.79 Å². The molecule has 4 heteroatoms. The van der Waals surface area contributed by atoms with Gasteiger partial charge in [-0.05, 0) is 18.1 Å². The SMILES string of the molecule is CC(C)CN1CCN(c2ncccc2C=O)CC1. The predicted molar refractivity (Wildman–Crippen MR) is 73.1 cm³/mol. The highest BCUT2D eigenvalue weighted by atomic mass is 16.1. The van der Waals surface area contributed by atoms with Gasteiger partial charge in [-0.2, -0.15) is 0 Å². The minimum Gasteiger partial charge on any atom is -0.353 e. The fourth-order valence-corrected chi connectivity index (χ4v) is 2.42. The molecule has 1 aromatic rings. The van der Waals surface area contributed by atoms with E-state index in [4.69, 9.17) is 0 Å². The molecule has 0 radical (unpaired) electrons. The summed E-state index contributed by atoms with van der Waals surface area (Å²) in [7, 11) is 0. The Morgan fingerprint density at radius 3 is 2.67 bits per heavy atom. The van der Waals surface area contributed by atoms with E-state index in [2.05, 4.69) is 28.6 Å². The first-order valence-electron chi connectivity index (χ1n) is 6.58. The average molecular weight is 247 g/mol. The van der Waals surface area contributed by atoms with Crippen molar-refractivity contribution in [3.05, 3.63) is 23.9 Å². The van der Waals surface area contributed by atoms with Crippen LogP contribution in [0.1, 0.15) is 24.2 Å². The van der Waals surface area contributed by atoms with E-state index in [-0.39, 0.29) is 0 Å². The molecule has 0 spiro atoms. The summed E-state index contributed by atoms with van der Waals surface area (Å²) in [5, 5.41) is 0. The van der Waals surface area contributed by atoms with E-state index in [1.807, 2.05) is 12.1 Å². The molecule has 1 aliphatic rings. The van der Waals surface area contributed by atoms with Crippen LogP contribution < -0.4 is 4.90 Å². The predicted octanol–water partition coefficient (Wildman–Crippen LogP) is 1.67. The molecule has 1 fully saturated rings. The average Bonchev–Trinajstić information content (AvgIpc) is 2.39. The molecule has 2 rings (SSSR count). The second kappa shape index (κ2) is 5.96. The first-order valence-corrected chi connectivity index (χ1v) is 6.58. The lowest BCUT2D eigenvalue weighted by molar-refractivity contribution is 0.112. The first kappa shape index (κ1) is 13.0. The lowest BCUT2D eigenvalue weighted by Gasteiger charge is -2.36. The molecule has 18 heavy (non-hydrogen) atoms. The van der Waals surface area contributed by atoms with Crippen LogP contribution in [-0.4, -0.2) is 48.9 Å². The summed E-state index contributed by atoms with van der Waals surface area (Å²) in [6, 6.07) is 3.64. The van der Waals surface area contributed by atoms with Crippen LogP contribution in [0, 0.1) is 5.92 Å². The molecule has 0 unspecified atom stereocenters. The van der Waals surface area contributed by atoms with Gasteiger partial charge in [0.1, 0.15) is 5.82 Å². The van der Waals surface area contributed by atoms with Crippen LogP contribution in [0.4, 0.5) is 5.82 Å². The fraction of sp³-hybridized carbons (Fsp3) is 0.571. The number of hydrogen-bond donors (Lipinski definition) is 0. The molecule has 0 saturated carbocycles. The van der Waals surface area contributed by atoms with Crippen LogP contribution in [0.25, 0.3) is 0 Å². The molecule has 0 bridgehead atoms. The normalized spacial score (nSPS) is 17.2. The van der Waals surface area contributed by atoms with E-state index in [9.17, 15) is 4.79 Å². The summed E-state index contributed by atoms with van der Waals surface area (Å²) >= 11 is 0. The summed E-state index contributed by atoms with van der Waals surface area (Å²) in [5.41, 5.74) is 0.690. The number of hydrogen-bond acceptors (Lipinski definition) is 4. The smallest absolute Gasteiger partial charge is 0.153 e. The molecule has 2 heterocycles. The minimum atomic E-state index is 0.690. The van der Waals surface area contributed by atoms with Crippen molar-refractivity contribution in [2.45, 2.75) is 13.8 Å². The van der Waals surface area contributed by atoms with Gasteiger partial charge in [-0.15, -0.1) is 0 Å². The van der Waals surface area contributed by atoms with Crippen LogP contribution in [0.3, 0.4) is 0 Å². The number of carbonyl (C=O) groups excluding carboxylic acids is 1. The zero-order chi connectivity index (χ0) is 13.0. The van der Waals surface area contributed by atoms with E-state index >= 15 is 0 Å². The van der Waals surface area contributed by atoms with Crippen molar-refractivity contribution in [2.75, 3.05) is 37.6 Å². The third-order valence-corrected chi connectivity index (χ3v) is 3.24. The molecular formula is C14H21N3O. The van der Waals surface area contributed by atoms with Crippen molar-refractivity contribution in [1.82, 2.24) is 9.88 Å². The zero-order valence-electron chi connectivity index (χ0n) is 11.2. The summed E-state index contributed by atoms with van der Waals surface area (Å²) in [6.45, 7) is 9.64. The van der Waals surface area contributed by atoms with Gasteiger partial charge in [0.2, 0.25) is 0 Å². The van der Waals surface area contributed by atoms with Crippen molar-refractivity contribution >= 4 is 12.1 Å². The number of aldehydes is 1. The maximum absolute atomic E-state index is 11.0. The Bertz CT molecular complexity index is 398. The maximum atomic E-state index is 11.0. The molecular weight excluding hydrogens is 226 g/mol. The van der Waals surface area contributed by atoms with Gasteiger partial charge in [0.05, 0.1) is 5.56 Å². The molecule has 0 amide bonds. The summed E-state index contributed by atoms with van der Waals surface area (Å²) in [5.74, 6) is 1.54. The Balaban J connectivity index is 1.99. The van der Waals surface area contributed by atoms with Gasteiger partial charge in [0, 0.05) is 38.9 Å². The van der Waals surface area contributed by atoms with Gasteiger partial charge in [-0.25, -0.2) is 4.98 Å². The molecule has 0 aromatic carbocycles. The Labute approximate surface area is 109 Å². The third kappa shape index (κ3) is 3.07. The van der Waals surface area contributed by atoms with Crippen molar-refractivity contribution in [3.63, 3.8) is 0 Å². The Morgan fingerprint density at radius 2 is 2.06 bits per heavy atom. The molecule has 4 nitrogen and oxygen atoms in total. The van der Waals surface area contributed by atoms with Crippen molar-refractivity contribution in [1.29, 1.82) is 0 Å². The number of aromatic nitrogens is 1. The number of rotatable bonds is 4. The van der Waals surface area contributed by atoms with E-state index in [0.717, 1.165) is 44.8 Å². The van der Waals surface area contributed by atoms with Crippen LogP contribution in [0.15, 0.2) is 18.3 Å². The minimum absolute atomic E-state index is 0.690. The number of anilines is 1. The standard InChI is InChI=1S/C14H21N3O/c1-12(2)10-16-6-8-17(9-7-16)14-13(11-18)4-3-5-15-14/h3-5,11-12H,6-10H2,1-2H3. The monoisotopic (exact) mass is 247 g/mol. The maximum Gasteiger partial charge on any atom is 0.153 e. The first-order chi connectivity index (χ1) is 8.70. The zero-order valence-corrected chi connectivity index (χ0v) is 11.2. The summed E-state index contributed by atoms with van der Waals surface area (Å²) in [4.78, 5) is 20.0. The number of piperazine rings is 1. The topological polar surface area (TPSA) is 36.4 Å².